The predicted octanol–water partition coefficient (Wildman–Crippen LogP) is 2.66. The highest BCUT2D eigenvalue weighted by Crippen LogP contribution is 2.33. The Morgan fingerprint density at radius 2 is 2.16 bits per heavy atom. The van der Waals surface area contributed by atoms with Gasteiger partial charge in [-0.3, -0.25) is 4.98 Å². The molecular formula is C14H14N4S. The second kappa shape index (κ2) is 4.95. The molecule has 0 aliphatic carbocycles. The van der Waals surface area contributed by atoms with Crippen molar-refractivity contribution in [3.8, 4) is 10.4 Å². The predicted molar refractivity (Wildman–Crippen MR) is 80.0 cm³/mol. The van der Waals surface area contributed by atoms with E-state index >= 15 is 0 Å². The van der Waals surface area contributed by atoms with Crippen molar-refractivity contribution < 1.29 is 0 Å². The van der Waals surface area contributed by atoms with E-state index in [2.05, 4.69) is 33.5 Å². The molecule has 0 atom stereocenters. The molecule has 5 heteroatoms. The minimum absolute atomic E-state index is 0.607. The van der Waals surface area contributed by atoms with Crippen LogP contribution in [0, 0.1) is 0 Å². The lowest BCUT2D eigenvalue weighted by atomic mass is 10.1. The zero-order chi connectivity index (χ0) is 13.2. The molecule has 3 N–H and O–H groups in total. The minimum Gasteiger partial charge on any atom is -0.375 e. The number of hydrogen-bond acceptors (Lipinski definition) is 5. The van der Waals surface area contributed by atoms with E-state index in [1.165, 1.54) is 16.7 Å². The lowest BCUT2D eigenvalue weighted by Gasteiger charge is -2.03. The first kappa shape index (κ1) is 12.1. The van der Waals surface area contributed by atoms with Crippen molar-refractivity contribution in [2.24, 2.45) is 0 Å². The van der Waals surface area contributed by atoms with Gasteiger partial charge in [-0.05, 0) is 30.1 Å². The maximum Gasteiger partial charge on any atom is 0.180 e. The molecule has 0 unspecified atom stereocenters. The molecule has 96 valence electrons. The Kier molecular flexibility index (Phi) is 3.15. The van der Waals surface area contributed by atoms with Crippen LogP contribution in [0.1, 0.15) is 5.69 Å². The second-order valence-electron chi connectivity index (χ2n) is 4.30. The molecule has 3 aromatic rings. The smallest absolute Gasteiger partial charge is 0.180 e. The molecule has 0 saturated heterocycles. The zero-order valence-electron chi connectivity index (χ0n) is 10.6. The number of hydrogen-bond donors (Lipinski definition) is 2. The number of thiazole rings is 1. The van der Waals surface area contributed by atoms with Gasteiger partial charge in [-0.25, -0.2) is 4.98 Å². The number of benzene rings is 1. The fourth-order valence-corrected chi connectivity index (χ4v) is 2.95. The van der Waals surface area contributed by atoms with Gasteiger partial charge < -0.3 is 11.1 Å². The van der Waals surface area contributed by atoms with Gasteiger partial charge in [0.05, 0.1) is 10.6 Å². The third-order valence-corrected chi connectivity index (χ3v) is 3.94. The Labute approximate surface area is 115 Å². The number of pyridine rings is 1. The van der Waals surface area contributed by atoms with Gasteiger partial charge in [0, 0.05) is 24.3 Å². The molecule has 0 fully saturated rings. The van der Waals surface area contributed by atoms with Gasteiger partial charge in [-0.15, -0.1) is 0 Å². The number of nitrogens with zero attached hydrogens (tertiary/aromatic N) is 2. The highest BCUT2D eigenvalue weighted by atomic mass is 32.1. The summed E-state index contributed by atoms with van der Waals surface area (Å²) in [7, 11) is 1.91. The normalized spacial score (nSPS) is 11.0. The molecule has 19 heavy (non-hydrogen) atoms. The topological polar surface area (TPSA) is 63.8 Å². The summed E-state index contributed by atoms with van der Waals surface area (Å²) in [6, 6.07) is 8.34. The van der Waals surface area contributed by atoms with E-state index in [4.69, 9.17) is 5.73 Å². The molecule has 2 aromatic heterocycles. The summed E-state index contributed by atoms with van der Waals surface area (Å²) in [5.41, 5.74) is 7.98. The van der Waals surface area contributed by atoms with Crippen LogP contribution in [0.2, 0.25) is 0 Å². The number of nitrogens with one attached hydrogen (secondary N) is 1. The van der Waals surface area contributed by atoms with E-state index < -0.39 is 0 Å². The zero-order valence-corrected chi connectivity index (χ0v) is 11.4. The minimum atomic E-state index is 0.607. The number of nitrogen functional groups attached to an aromatic ring is 1. The standard InChI is InChI=1S/C14H14N4S/c1-16-8-12-13(19-14(15)18-12)10-2-3-11-7-17-5-4-9(11)6-10/h2-7,16H,8H2,1H3,(H2,15,18). The number of nitrogens with two attached hydrogens (primary N) is 1. The molecule has 0 amide bonds. The van der Waals surface area contributed by atoms with Crippen LogP contribution in [0.4, 0.5) is 5.13 Å². The third-order valence-electron chi connectivity index (χ3n) is 2.96. The SMILES string of the molecule is CNCc1nc(N)sc1-c1ccc2cnccc2c1. The summed E-state index contributed by atoms with van der Waals surface area (Å²) in [6.07, 6.45) is 3.68. The lowest BCUT2D eigenvalue weighted by molar-refractivity contribution is 0.800. The lowest BCUT2D eigenvalue weighted by Crippen LogP contribution is -2.06. The van der Waals surface area contributed by atoms with E-state index in [0.29, 0.717) is 5.13 Å². The maximum atomic E-state index is 5.83. The van der Waals surface area contributed by atoms with E-state index in [1.807, 2.05) is 25.5 Å². The van der Waals surface area contributed by atoms with E-state index in [9.17, 15) is 0 Å². The average molecular weight is 270 g/mol. The molecule has 3 rings (SSSR count). The van der Waals surface area contributed by atoms with Gasteiger partial charge >= 0.3 is 0 Å². The van der Waals surface area contributed by atoms with Crippen molar-refractivity contribution in [1.29, 1.82) is 0 Å². The largest absolute Gasteiger partial charge is 0.375 e. The summed E-state index contributed by atoms with van der Waals surface area (Å²) in [5.74, 6) is 0. The molecule has 0 radical (unpaired) electrons. The van der Waals surface area contributed by atoms with Crippen LogP contribution < -0.4 is 11.1 Å². The van der Waals surface area contributed by atoms with E-state index in [1.54, 1.807) is 0 Å². The third kappa shape index (κ3) is 2.30. The first-order chi connectivity index (χ1) is 9.28. The summed E-state index contributed by atoms with van der Waals surface area (Å²) >= 11 is 1.53. The number of fused-ring (bicyclic) bond motifs is 1. The van der Waals surface area contributed by atoms with Gasteiger partial charge in [-0.2, -0.15) is 0 Å². The summed E-state index contributed by atoms with van der Waals surface area (Å²) in [4.78, 5) is 9.64. The molecule has 0 aliphatic rings. The van der Waals surface area contributed by atoms with Crippen molar-refractivity contribution in [3.05, 3.63) is 42.4 Å². The molecule has 0 aliphatic heterocycles. The molecule has 1 aromatic carbocycles. The van der Waals surface area contributed by atoms with Crippen molar-refractivity contribution in [2.75, 3.05) is 12.8 Å². The van der Waals surface area contributed by atoms with Crippen LogP contribution in [0.3, 0.4) is 0 Å². The Bertz CT molecular complexity index is 720. The van der Waals surface area contributed by atoms with Crippen LogP contribution in [0.25, 0.3) is 21.2 Å². The number of rotatable bonds is 3. The highest BCUT2D eigenvalue weighted by Gasteiger charge is 2.11. The van der Waals surface area contributed by atoms with Crippen LogP contribution in [-0.2, 0) is 6.54 Å². The molecule has 4 nitrogen and oxygen atoms in total. The fourth-order valence-electron chi connectivity index (χ4n) is 2.11. The molecule has 0 saturated carbocycles. The second-order valence-corrected chi connectivity index (χ2v) is 5.33. The van der Waals surface area contributed by atoms with Crippen LogP contribution in [0.15, 0.2) is 36.7 Å². The van der Waals surface area contributed by atoms with Gasteiger partial charge in [0.15, 0.2) is 5.13 Å². The Balaban J connectivity index is 2.13. The summed E-state index contributed by atoms with van der Waals surface area (Å²) < 4.78 is 0. The maximum absolute atomic E-state index is 5.83. The summed E-state index contributed by atoms with van der Waals surface area (Å²) in [5, 5.41) is 6.04. The van der Waals surface area contributed by atoms with Crippen molar-refractivity contribution in [3.63, 3.8) is 0 Å². The van der Waals surface area contributed by atoms with E-state index in [0.717, 1.165) is 28.1 Å². The van der Waals surface area contributed by atoms with Crippen molar-refractivity contribution in [2.45, 2.75) is 6.54 Å². The monoisotopic (exact) mass is 270 g/mol. The van der Waals surface area contributed by atoms with Crippen LogP contribution in [-0.4, -0.2) is 17.0 Å². The number of aromatic nitrogens is 2. The first-order valence-electron chi connectivity index (χ1n) is 6.02. The first-order valence-corrected chi connectivity index (χ1v) is 6.83. The van der Waals surface area contributed by atoms with Gasteiger partial charge in [-0.1, -0.05) is 23.5 Å². The Hall–Kier alpha value is -1.98. The molecule has 2 heterocycles. The van der Waals surface area contributed by atoms with Gasteiger partial charge in [0.25, 0.3) is 0 Å². The Morgan fingerprint density at radius 1 is 1.26 bits per heavy atom. The van der Waals surface area contributed by atoms with Crippen LogP contribution >= 0.6 is 11.3 Å². The quantitative estimate of drug-likeness (QED) is 0.768. The summed E-state index contributed by atoms with van der Waals surface area (Å²) in [6.45, 7) is 0.720. The molecular weight excluding hydrogens is 256 g/mol. The van der Waals surface area contributed by atoms with Crippen molar-refractivity contribution in [1.82, 2.24) is 15.3 Å². The fraction of sp³-hybridized carbons (Fsp3) is 0.143. The van der Waals surface area contributed by atoms with Crippen LogP contribution in [0.5, 0.6) is 0 Å². The van der Waals surface area contributed by atoms with E-state index in [-0.39, 0.29) is 0 Å². The van der Waals surface area contributed by atoms with Crippen molar-refractivity contribution >= 4 is 27.2 Å². The molecule has 0 bridgehead atoms. The highest BCUT2D eigenvalue weighted by molar-refractivity contribution is 7.18. The van der Waals surface area contributed by atoms with Gasteiger partial charge in [0.2, 0.25) is 0 Å². The average Bonchev–Trinajstić information content (AvgIpc) is 2.80. The molecule has 0 spiro atoms. The van der Waals surface area contributed by atoms with Gasteiger partial charge in [0.1, 0.15) is 0 Å². The number of anilines is 1. The Morgan fingerprint density at radius 3 is 3.00 bits per heavy atom.